The van der Waals surface area contributed by atoms with Gasteiger partial charge in [0.1, 0.15) is 5.60 Å². The van der Waals surface area contributed by atoms with Crippen LogP contribution in [0.25, 0.3) is 0 Å². The molecule has 2 aliphatic rings. The topological polar surface area (TPSA) is 64.8 Å². The summed E-state index contributed by atoms with van der Waals surface area (Å²) >= 11 is 0. The average molecular weight is 256 g/mol. The van der Waals surface area contributed by atoms with E-state index >= 15 is 0 Å². The van der Waals surface area contributed by atoms with Crippen molar-refractivity contribution in [1.29, 1.82) is 0 Å². The molecule has 2 atom stereocenters. The van der Waals surface area contributed by atoms with E-state index < -0.39 is 5.60 Å². The van der Waals surface area contributed by atoms with Gasteiger partial charge in [0.05, 0.1) is 11.7 Å². The summed E-state index contributed by atoms with van der Waals surface area (Å²) in [6.45, 7) is 8.15. The fraction of sp³-hybridized carbons (Fsp3) is 0.923. The molecule has 18 heavy (non-hydrogen) atoms. The second-order valence-corrected chi connectivity index (χ2v) is 6.10. The number of hydrogen-bond donors (Lipinski definition) is 1. The van der Waals surface area contributed by atoms with Gasteiger partial charge in [0, 0.05) is 26.2 Å². The maximum Gasteiger partial charge on any atom is 0.254 e. The zero-order valence-electron chi connectivity index (χ0n) is 11.6. The second-order valence-electron chi connectivity index (χ2n) is 6.10. The molecule has 0 aromatic carbocycles. The fourth-order valence-corrected chi connectivity index (χ4v) is 2.86. The van der Waals surface area contributed by atoms with Gasteiger partial charge in [-0.1, -0.05) is 0 Å². The number of carbonyl (C=O) groups is 1. The van der Waals surface area contributed by atoms with Gasteiger partial charge in [-0.25, -0.2) is 0 Å². The summed E-state index contributed by atoms with van der Waals surface area (Å²) in [5.41, 5.74) is 4.69. The zero-order chi connectivity index (χ0) is 13.4. The molecule has 104 valence electrons. The minimum atomic E-state index is -0.646. The van der Waals surface area contributed by atoms with Crippen LogP contribution in [0.15, 0.2) is 0 Å². The van der Waals surface area contributed by atoms with Gasteiger partial charge in [0.2, 0.25) is 0 Å². The molecule has 2 saturated heterocycles. The van der Waals surface area contributed by atoms with E-state index in [1.54, 1.807) is 0 Å². The highest BCUT2D eigenvalue weighted by atomic mass is 16.5. The van der Waals surface area contributed by atoms with Crippen LogP contribution in [-0.2, 0) is 14.3 Å². The molecule has 2 fully saturated rings. The summed E-state index contributed by atoms with van der Waals surface area (Å²) < 4.78 is 11.5. The van der Waals surface area contributed by atoms with Crippen molar-refractivity contribution >= 4 is 5.91 Å². The van der Waals surface area contributed by atoms with E-state index in [0.29, 0.717) is 26.2 Å². The molecule has 2 N–H and O–H groups in total. The lowest BCUT2D eigenvalue weighted by Crippen LogP contribution is -2.60. The Labute approximate surface area is 109 Å². The maximum atomic E-state index is 12.6. The Kier molecular flexibility index (Phi) is 3.67. The van der Waals surface area contributed by atoms with Gasteiger partial charge >= 0.3 is 0 Å². The van der Waals surface area contributed by atoms with Crippen LogP contribution in [0.1, 0.15) is 33.6 Å². The number of rotatable bonds is 2. The van der Waals surface area contributed by atoms with Gasteiger partial charge in [-0.05, 0) is 33.6 Å². The van der Waals surface area contributed by atoms with Crippen molar-refractivity contribution in [3.05, 3.63) is 0 Å². The molecule has 0 bridgehead atoms. The van der Waals surface area contributed by atoms with Crippen molar-refractivity contribution in [2.75, 3.05) is 26.2 Å². The summed E-state index contributed by atoms with van der Waals surface area (Å²) in [6, 6.07) is 0. The molecular formula is C13H24N2O3. The van der Waals surface area contributed by atoms with Crippen LogP contribution < -0.4 is 5.73 Å². The summed E-state index contributed by atoms with van der Waals surface area (Å²) in [5.74, 6) is 0.0785. The van der Waals surface area contributed by atoms with Crippen LogP contribution in [0.5, 0.6) is 0 Å². The fourth-order valence-electron chi connectivity index (χ4n) is 2.86. The van der Waals surface area contributed by atoms with E-state index in [9.17, 15) is 4.79 Å². The number of morpholine rings is 1. The minimum Gasteiger partial charge on any atom is -0.367 e. The first-order chi connectivity index (χ1) is 8.36. The number of carbonyl (C=O) groups excluding carboxylic acids is 1. The van der Waals surface area contributed by atoms with Gasteiger partial charge in [-0.3, -0.25) is 4.79 Å². The van der Waals surface area contributed by atoms with Gasteiger partial charge in [0.15, 0.2) is 0 Å². The first kappa shape index (κ1) is 13.8. The molecule has 2 unspecified atom stereocenters. The van der Waals surface area contributed by atoms with Crippen LogP contribution in [0.3, 0.4) is 0 Å². The molecule has 0 aromatic rings. The lowest BCUT2D eigenvalue weighted by Gasteiger charge is -2.44. The monoisotopic (exact) mass is 256 g/mol. The summed E-state index contributed by atoms with van der Waals surface area (Å²) in [5, 5.41) is 0. The lowest BCUT2D eigenvalue weighted by atomic mass is 9.98. The molecule has 1 amide bonds. The first-order valence-corrected chi connectivity index (χ1v) is 6.67. The molecule has 0 aromatic heterocycles. The van der Waals surface area contributed by atoms with Crippen molar-refractivity contribution in [2.45, 2.75) is 50.9 Å². The molecule has 5 heteroatoms. The molecule has 2 aliphatic heterocycles. The number of hydrogen-bond acceptors (Lipinski definition) is 4. The number of nitrogens with two attached hydrogens (primary N) is 1. The van der Waals surface area contributed by atoms with Gasteiger partial charge in [-0.15, -0.1) is 0 Å². The molecule has 5 nitrogen and oxygen atoms in total. The van der Waals surface area contributed by atoms with E-state index in [-0.39, 0.29) is 17.6 Å². The predicted octanol–water partition coefficient (Wildman–Crippen LogP) is 0.520. The van der Waals surface area contributed by atoms with Gasteiger partial charge < -0.3 is 20.1 Å². The Morgan fingerprint density at radius 2 is 2.17 bits per heavy atom. The summed E-state index contributed by atoms with van der Waals surface area (Å²) in [4.78, 5) is 14.4. The largest absolute Gasteiger partial charge is 0.367 e. The Bertz CT molecular complexity index is 324. The molecule has 0 radical (unpaired) electrons. The lowest BCUT2D eigenvalue weighted by molar-refractivity contribution is -0.174. The molecule has 0 aliphatic carbocycles. The van der Waals surface area contributed by atoms with Crippen LogP contribution in [0.2, 0.25) is 0 Å². The van der Waals surface area contributed by atoms with Crippen molar-refractivity contribution in [3.63, 3.8) is 0 Å². The Hall–Kier alpha value is -0.650. The summed E-state index contributed by atoms with van der Waals surface area (Å²) in [7, 11) is 0. The average Bonchev–Trinajstić information content (AvgIpc) is 2.74. The quantitative estimate of drug-likeness (QED) is 0.782. The van der Waals surface area contributed by atoms with Crippen molar-refractivity contribution in [1.82, 2.24) is 4.90 Å². The second kappa shape index (κ2) is 4.79. The normalized spacial score (nSPS) is 35.8. The third-order valence-corrected chi connectivity index (χ3v) is 3.70. The zero-order valence-corrected chi connectivity index (χ0v) is 11.6. The predicted molar refractivity (Wildman–Crippen MR) is 68.2 cm³/mol. The van der Waals surface area contributed by atoms with Crippen LogP contribution in [0.4, 0.5) is 0 Å². The van der Waals surface area contributed by atoms with Crippen LogP contribution in [-0.4, -0.2) is 54.4 Å². The van der Waals surface area contributed by atoms with E-state index in [4.69, 9.17) is 15.2 Å². The van der Waals surface area contributed by atoms with Crippen molar-refractivity contribution in [2.24, 2.45) is 5.73 Å². The SMILES string of the molecule is CC1(C)CN(C(=O)C2(C)CCCO2)CC(CN)O1. The molecular weight excluding hydrogens is 232 g/mol. The van der Waals surface area contributed by atoms with Crippen LogP contribution in [0, 0.1) is 0 Å². The third kappa shape index (κ3) is 2.68. The molecule has 0 saturated carbocycles. The van der Waals surface area contributed by atoms with Crippen molar-refractivity contribution < 1.29 is 14.3 Å². The van der Waals surface area contributed by atoms with E-state index in [1.807, 2.05) is 25.7 Å². The van der Waals surface area contributed by atoms with Gasteiger partial charge in [-0.2, -0.15) is 0 Å². The highest BCUT2D eigenvalue weighted by Crippen LogP contribution is 2.30. The van der Waals surface area contributed by atoms with Crippen molar-refractivity contribution in [3.8, 4) is 0 Å². The number of nitrogens with zero attached hydrogens (tertiary/aromatic N) is 1. The van der Waals surface area contributed by atoms with Crippen LogP contribution >= 0.6 is 0 Å². The number of ether oxygens (including phenoxy) is 2. The van der Waals surface area contributed by atoms with E-state index in [2.05, 4.69) is 0 Å². The third-order valence-electron chi connectivity index (χ3n) is 3.70. The van der Waals surface area contributed by atoms with E-state index in [0.717, 1.165) is 12.8 Å². The molecule has 0 spiro atoms. The summed E-state index contributed by atoms with van der Waals surface area (Å²) in [6.07, 6.45) is 1.68. The highest BCUT2D eigenvalue weighted by molar-refractivity contribution is 5.85. The highest BCUT2D eigenvalue weighted by Gasteiger charge is 2.44. The maximum absolute atomic E-state index is 12.6. The Morgan fingerprint density at radius 1 is 1.44 bits per heavy atom. The first-order valence-electron chi connectivity index (χ1n) is 6.67. The minimum absolute atomic E-state index is 0.0785. The molecule has 2 rings (SSSR count). The Morgan fingerprint density at radius 3 is 2.72 bits per heavy atom. The smallest absolute Gasteiger partial charge is 0.254 e. The molecule has 2 heterocycles. The Balaban J connectivity index is 2.09. The van der Waals surface area contributed by atoms with Gasteiger partial charge in [0.25, 0.3) is 5.91 Å². The standard InChI is InChI=1S/C13H24N2O3/c1-12(2)9-15(8-10(7-14)18-12)11(16)13(3)5-4-6-17-13/h10H,4-9,14H2,1-3H3. The number of amides is 1. The van der Waals surface area contributed by atoms with E-state index in [1.165, 1.54) is 0 Å².